The molecule has 0 saturated carbocycles. The van der Waals surface area contributed by atoms with Crippen molar-refractivity contribution < 1.29 is 18.0 Å². The predicted octanol–water partition coefficient (Wildman–Crippen LogP) is 2.58. The zero-order valence-electron chi connectivity index (χ0n) is 16.7. The number of nitrogens with zero attached hydrogens (tertiary/aromatic N) is 2. The zero-order valence-corrected chi connectivity index (χ0v) is 18.4. The van der Waals surface area contributed by atoms with Gasteiger partial charge in [-0.2, -0.15) is 4.72 Å². The quantitative estimate of drug-likeness (QED) is 0.580. The fraction of sp³-hybridized carbons (Fsp3) is 0.250. The number of thiazole rings is 1. The Morgan fingerprint density at radius 3 is 2.43 bits per heavy atom. The standard InChI is InChI=1S/C20H22N4O4S2/c1-13(23-30(27,28)16-10-8-15(9-11-16)21-14(2)25)20(26)24(3)12-19-22-17-6-4-5-7-18(17)29-19/h4-11,13,23H,12H2,1-3H3,(H,21,25)/t13-/m0/s1. The summed E-state index contributed by atoms with van der Waals surface area (Å²) >= 11 is 1.50. The normalized spacial score (nSPS) is 12.5. The maximum absolute atomic E-state index is 12.7. The van der Waals surface area contributed by atoms with Crippen LogP contribution in [0.5, 0.6) is 0 Å². The van der Waals surface area contributed by atoms with E-state index in [1.54, 1.807) is 7.05 Å². The zero-order chi connectivity index (χ0) is 21.9. The number of sulfonamides is 1. The van der Waals surface area contributed by atoms with Gasteiger partial charge in [-0.15, -0.1) is 11.3 Å². The second-order valence-corrected chi connectivity index (χ2v) is 9.65. The van der Waals surface area contributed by atoms with Gasteiger partial charge >= 0.3 is 0 Å². The second kappa shape index (κ2) is 8.90. The third-order valence-corrected chi connectivity index (χ3v) is 6.85. The number of fused-ring (bicyclic) bond motifs is 1. The number of para-hydroxylation sites is 1. The molecule has 2 aromatic carbocycles. The Balaban J connectivity index is 1.65. The summed E-state index contributed by atoms with van der Waals surface area (Å²) in [6, 6.07) is 12.5. The lowest BCUT2D eigenvalue weighted by Crippen LogP contribution is -2.45. The molecule has 0 saturated heterocycles. The lowest BCUT2D eigenvalue weighted by atomic mass is 10.3. The van der Waals surface area contributed by atoms with Crippen LogP contribution in [0.25, 0.3) is 10.2 Å². The van der Waals surface area contributed by atoms with Gasteiger partial charge in [0, 0.05) is 19.7 Å². The first kappa shape index (κ1) is 21.9. The molecular formula is C20H22N4O4S2. The molecule has 0 aliphatic heterocycles. The molecule has 158 valence electrons. The molecule has 0 spiro atoms. The van der Waals surface area contributed by atoms with Gasteiger partial charge in [0.1, 0.15) is 5.01 Å². The summed E-state index contributed by atoms with van der Waals surface area (Å²) in [4.78, 5) is 29.7. The molecule has 1 atom stereocenters. The first-order valence-corrected chi connectivity index (χ1v) is 11.4. The van der Waals surface area contributed by atoms with E-state index in [0.717, 1.165) is 15.2 Å². The Kier molecular flexibility index (Phi) is 6.49. The molecule has 2 amide bonds. The highest BCUT2D eigenvalue weighted by atomic mass is 32.2. The Hall–Kier alpha value is -2.82. The van der Waals surface area contributed by atoms with Crippen molar-refractivity contribution >= 4 is 49.1 Å². The van der Waals surface area contributed by atoms with Crippen LogP contribution < -0.4 is 10.0 Å². The number of amides is 2. The monoisotopic (exact) mass is 446 g/mol. The van der Waals surface area contributed by atoms with Crippen LogP contribution in [0, 0.1) is 0 Å². The molecule has 0 radical (unpaired) electrons. The molecule has 1 aromatic heterocycles. The summed E-state index contributed by atoms with van der Waals surface area (Å²) in [6.07, 6.45) is 0. The van der Waals surface area contributed by atoms with Crippen LogP contribution in [-0.2, 0) is 26.2 Å². The summed E-state index contributed by atoms with van der Waals surface area (Å²) < 4.78 is 28.6. The molecule has 10 heteroatoms. The van der Waals surface area contributed by atoms with Gasteiger partial charge in [0.05, 0.1) is 27.7 Å². The van der Waals surface area contributed by atoms with E-state index in [1.807, 2.05) is 24.3 Å². The average Bonchev–Trinajstić information content (AvgIpc) is 3.09. The summed E-state index contributed by atoms with van der Waals surface area (Å²) in [5.41, 5.74) is 1.36. The highest BCUT2D eigenvalue weighted by Crippen LogP contribution is 2.22. The first-order chi connectivity index (χ1) is 14.2. The number of likely N-dealkylation sites (N-methyl/N-ethyl adjacent to an activating group) is 1. The summed E-state index contributed by atoms with van der Waals surface area (Å²) in [6.45, 7) is 3.15. The van der Waals surface area contributed by atoms with Crippen LogP contribution in [0.4, 0.5) is 5.69 Å². The molecule has 0 aliphatic carbocycles. The number of carbonyl (C=O) groups is 2. The van der Waals surface area contributed by atoms with E-state index in [4.69, 9.17) is 0 Å². The molecule has 2 N–H and O–H groups in total. The van der Waals surface area contributed by atoms with Crippen molar-refractivity contribution in [1.29, 1.82) is 0 Å². The van der Waals surface area contributed by atoms with Crippen LogP contribution >= 0.6 is 11.3 Å². The van der Waals surface area contributed by atoms with Gasteiger partial charge in [0.2, 0.25) is 21.8 Å². The van der Waals surface area contributed by atoms with E-state index in [1.165, 1.54) is 54.3 Å². The van der Waals surface area contributed by atoms with Gasteiger partial charge in [-0.25, -0.2) is 13.4 Å². The van der Waals surface area contributed by atoms with Crippen molar-refractivity contribution in [3.8, 4) is 0 Å². The SMILES string of the molecule is CC(=O)Nc1ccc(S(=O)(=O)N[C@@H](C)C(=O)N(C)Cc2nc3ccccc3s2)cc1. The molecular weight excluding hydrogens is 424 g/mol. The van der Waals surface area contributed by atoms with E-state index in [9.17, 15) is 18.0 Å². The molecule has 3 aromatic rings. The van der Waals surface area contributed by atoms with Crippen LogP contribution in [0.3, 0.4) is 0 Å². The third kappa shape index (κ3) is 5.21. The number of hydrogen-bond acceptors (Lipinski definition) is 6. The highest BCUT2D eigenvalue weighted by Gasteiger charge is 2.25. The van der Waals surface area contributed by atoms with Crippen molar-refractivity contribution in [2.24, 2.45) is 0 Å². The van der Waals surface area contributed by atoms with E-state index < -0.39 is 16.1 Å². The number of anilines is 1. The number of rotatable bonds is 7. The van der Waals surface area contributed by atoms with Crippen LogP contribution in [-0.4, -0.2) is 43.2 Å². The van der Waals surface area contributed by atoms with Crippen molar-refractivity contribution in [3.05, 3.63) is 53.5 Å². The lowest BCUT2D eigenvalue weighted by molar-refractivity contribution is -0.131. The van der Waals surface area contributed by atoms with Crippen LogP contribution in [0.15, 0.2) is 53.4 Å². The highest BCUT2D eigenvalue weighted by molar-refractivity contribution is 7.89. The molecule has 0 aliphatic rings. The minimum atomic E-state index is -3.90. The maximum Gasteiger partial charge on any atom is 0.241 e. The number of hydrogen-bond donors (Lipinski definition) is 2. The molecule has 0 unspecified atom stereocenters. The van der Waals surface area contributed by atoms with Crippen molar-refractivity contribution in [3.63, 3.8) is 0 Å². The Labute approximate surface area is 179 Å². The molecule has 8 nitrogen and oxygen atoms in total. The summed E-state index contributed by atoms with van der Waals surface area (Å²) in [7, 11) is -2.29. The van der Waals surface area contributed by atoms with Gasteiger partial charge in [0.15, 0.2) is 0 Å². The summed E-state index contributed by atoms with van der Waals surface area (Å²) in [5.74, 6) is -0.619. The van der Waals surface area contributed by atoms with Crippen LogP contribution in [0.2, 0.25) is 0 Å². The minimum absolute atomic E-state index is 0.00470. The lowest BCUT2D eigenvalue weighted by Gasteiger charge is -2.21. The molecule has 3 rings (SSSR count). The Bertz CT molecular complexity index is 1140. The van der Waals surface area contributed by atoms with E-state index in [-0.39, 0.29) is 23.3 Å². The number of nitrogens with one attached hydrogen (secondary N) is 2. The summed E-state index contributed by atoms with van der Waals surface area (Å²) in [5, 5.41) is 3.34. The smallest absolute Gasteiger partial charge is 0.241 e. The average molecular weight is 447 g/mol. The van der Waals surface area contributed by atoms with Gasteiger partial charge < -0.3 is 10.2 Å². The second-order valence-electron chi connectivity index (χ2n) is 6.82. The Morgan fingerprint density at radius 2 is 1.80 bits per heavy atom. The maximum atomic E-state index is 12.7. The third-order valence-electron chi connectivity index (χ3n) is 4.27. The van der Waals surface area contributed by atoms with Crippen molar-refractivity contribution in [1.82, 2.24) is 14.6 Å². The molecule has 0 bridgehead atoms. The van der Waals surface area contributed by atoms with Gasteiger partial charge in [-0.3, -0.25) is 9.59 Å². The minimum Gasteiger partial charge on any atom is -0.338 e. The molecule has 1 heterocycles. The molecule has 30 heavy (non-hydrogen) atoms. The fourth-order valence-electron chi connectivity index (χ4n) is 2.87. The largest absolute Gasteiger partial charge is 0.338 e. The van der Waals surface area contributed by atoms with Crippen LogP contribution in [0.1, 0.15) is 18.9 Å². The molecule has 0 fully saturated rings. The fourth-order valence-corrected chi connectivity index (χ4v) is 5.09. The Morgan fingerprint density at radius 1 is 1.13 bits per heavy atom. The topological polar surface area (TPSA) is 108 Å². The van der Waals surface area contributed by atoms with E-state index in [2.05, 4.69) is 15.0 Å². The van der Waals surface area contributed by atoms with E-state index >= 15 is 0 Å². The number of benzene rings is 2. The van der Waals surface area contributed by atoms with Crippen molar-refractivity contribution in [2.75, 3.05) is 12.4 Å². The number of aromatic nitrogens is 1. The van der Waals surface area contributed by atoms with Gasteiger partial charge in [0.25, 0.3) is 0 Å². The number of carbonyl (C=O) groups excluding carboxylic acids is 2. The van der Waals surface area contributed by atoms with E-state index in [0.29, 0.717) is 5.69 Å². The van der Waals surface area contributed by atoms with Gasteiger partial charge in [-0.05, 0) is 43.3 Å². The first-order valence-electron chi connectivity index (χ1n) is 9.15. The predicted molar refractivity (Wildman–Crippen MR) is 117 cm³/mol. The van der Waals surface area contributed by atoms with Crippen molar-refractivity contribution in [2.45, 2.75) is 31.3 Å². The van der Waals surface area contributed by atoms with Gasteiger partial charge in [-0.1, -0.05) is 12.1 Å².